The average Bonchev–Trinajstić information content (AvgIpc) is 3.47. The van der Waals surface area contributed by atoms with Crippen molar-refractivity contribution in [2.24, 2.45) is 0 Å². The van der Waals surface area contributed by atoms with Crippen LogP contribution in [0.25, 0.3) is 71.9 Å². The molecule has 0 radical (unpaired) electrons. The Balaban J connectivity index is 1.55. The van der Waals surface area contributed by atoms with E-state index in [0.717, 1.165) is 55.0 Å². The number of pyridine rings is 1. The van der Waals surface area contributed by atoms with Gasteiger partial charge in [-0.15, -0.1) is 0 Å². The van der Waals surface area contributed by atoms with Crippen LogP contribution < -0.4 is 0 Å². The molecule has 3 nitrogen and oxygen atoms in total. The van der Waals surface area contributed by atoms with Crippen molar-refractivity contribution >= 4 is 32.6 Å². The van der Waals surface area contributed by atoms with Gasteiger partial charge in [0.2, 0.25) is 0 Å². The van der Waals surface area contributed by atoms with Crippen LogP contribution in [-0.2, 0) is 0 Å². The summed E-state index contributed by atoms with van der Waals surface area (Å²) in [7, 11) is 0. The summed E-state index contributed by atoms with van der Waals surface area (Å²) in [6.07, 6.45) is 3.65. The molecule has 8 rings (SSSR count). The van der Waals surface area contributed by atoms with Crippen molar-refractivity contribution in [2.45, 2.75) is 0 Å². The predicted octanol–water partition coefficient (Wildman–Crippen LogP) is 9.73. The second-order valence-corrected chi connectivity index (χ2v) is 9.86. The Morgan fingerprint density at radius 1 is 0.561 bits per heavy atom. The molecule has 192 valence electrons. The number of aromatic nitrogens is 3. The van der Waals surface area contributed by atoms with Gasteiger partial charge in [0.25, 0.3) is 0 Å². The summed E-state index contributed by atoms with van der Waals surface area (Å²) in [4.78, 5) is 9.32. The molecule has 0 saturated heterocycles. The molecule has 0 spiro atoms. The molecule has 2 aromatic heterocycles. The van der Waals surface area contributed by atoms with Gasteiger partial charge in [-0.05, 0) is 45.7 Å². The van der Waals surface area contributed by atoms with Gasteiger partial charge in [-0.2, -0.15) is 0 Å². The minimum absolute atomic E-state index is 0.0568. The molecule has 41 heavy (non-hydrogen) atoms. The van der Waals surface area contributed by atoms with E-state index in [4.69, 9.17) is 11.8 Å². The molecule has 8 aromatic rings. The number of hydrogen-bond acceptors (Lipinski definition) is 2. The lowest BCUT2D eigenvalue weighted by Gasteiger charge is -2.21. The molecule has 6 aromatic carbocycles. The molecule has 3 heteroatoms. The van der Waals surface area contributed by atoms with Crippen molar-refractivity contribution in [3.8, 4) is 39.3 Å². The Hall–Kier alpha value is -5.54. The van der Waals surface area contributed by atoms with Gasteiger partial charge in [-0.1, -0.05) is 121 Å². The maximum Gasteiger partial charge on any atom is 0.145 e. The van der Waals surface area contributed by atoms with Gasteiger partial charge in [0.1, 0.15) is 5.82 Å². The minimum atomic E-state index is -0.436. The summed E-state index contributed by atoms with van der Waals surface area (Å²) in [5.74, 6) is 0.289. The van der Waals surface area contributed by atoms with E-state index in [-0.39, 0.29) is 23.5 Å². The number of rotatable bonds is 4. The summed E-state index contributed by atoms with van der Waals surface area (Å²) in [5.41, 5.74) is 6.52. The Morgan fingerprint density at radius 3 is 1.90 bits per heavy atom. The molecular weight excluding hydrogens is 498 g/mol. The fourth-order valence-electron chi connectivity index (χ4n) is 5.89. The van der Waals surface area contributed by atoms with E-state index in [9.17, 15) is 0 Å². The summed E-state index contributed by atoms with van der Waals surface area (Å²) >= 11 is 0. The van der Waals surface area contributed by atoms with Crippen molar-refractivity contribution in [2.75, 3.05) is 0 Å². The molecule has 2 heterocycles. The first-order valence-electron chi connectivity index (χ1n) is 15.9. The number of benzene rings is 6. The fourth-order valence-corrected chi connectivity index (χ4v) is 5.89. The molecule has 0 atom stereocenters. The number of para-hydroxylation sites is 2. The highest BCUT2D eigenvalue weighted by Gasteiger charge is 2.22. The molecule has 0 amide bonds. The molecule has 0 aliphatic heterocycles. The van der Waals surface area contributed by atoms with Gasteiger partial charge in [-0.3, -0.25) is 9.55 Å². The van der Waals surface area contributed by atoms with E-state index in [0.29, 0.717) is 5.52 Å². The van der Waals surface area contributed by atoms with Crippen molar-refractivity contribution < 1.29 is 6.85 Å². The van der Waals surface area contributed by atoms with Crippen molar-refractivity contribution in [3.63, 3.8) is 0 Å². The molecule has 0 bridgehead atoms. The van der Waals surface area contributed by atoms with Crippen LogP contribution in [0.3, 0.4) is 0 Å². The Morgan fingerprint density at radius 2 is 1.20 bits per heavy atom. The average molecular weight is 529 g/mol. The monoisotopic (exact) mass is 528 g/mol. The van der Waals surface area contributed by atoms with Crippen LogP contribution in [0.2, 0.25) is 0 Å². The van der Waals surface area contributed by atoms with E-state index >= 15 is 0 Å². The molecule has 0 fully saturated rings. The third-order valence-corrected chi connectivity index (χ3v) is 7.58. The zero-order chi connectivity index (χ0) is 31.5. The normalized spacial score (nSPS) is 13.1. The van der Waals surface area contributed by atoms with Gasteiger partial charge < -0.3 is 0 Å². The van der Waals surface area contributed by atoms with E-state index < -0.39 is 18.1 Å². The Bertz CT molecular complexity index is 2400. The van der Waals surface area contributed by atoms with E-state index in [1.54, 1.807) is 6.20 Å². The predicted molar refractivity (Wildman–Crippen MR) is 170 cm³/mol. The first kappa shape index (κ1) is 18.7. The number of nitrogens with zero attached hydrogens (tertiary/aromatic N) is 3. The van der Waals surface area contributed by atoms with Gasteiger partial charge >= 0.3 is 0 Å². The van der Waals surface area contributed by atoms with Crippen LogP contribution in [-0.4, -0.2) is 14.5 Å². The summed E-state index contributed by atoms with van der Waals surface area (Å²) < 4.78 is 44.7. The van der Waals surface area contributed by atoms with Gasteiger partial charge in [0, 0.05) is 34.3 Å². The van der Waals surface area contributed by atoms with Crippen LogP contribution in [0.4, 0.5) is 0 Å². The second-order valence-electron chi connectivity index (χ2n) is 9.86. The lowest BCUT2D eigenvalue weighted by Crippen LogP contribution is -2.01. The van der Waals surface area contributed by atoms with Crippen molar-refractivity contribution in [1.29, 1.82) is 0 Å². The lowest BCUT2D eigenvalue weighted by molar-refractivity contribution is 1.13. The lowest BCUT2D eigenvalue weighted by atomic mass is 9.87. The highest BCUT2D eigenvalue weighted by atomic mass is 15.1. The van der Waals surface area contributed by atoms with Crippen molar-refractivity contribution in [1.82, 2.24) is 14.5 Å². The summed E-state index contributed by atoms with van der Waals surface area (Å²) in [5, 5.41) is 3.90. The molecule has 0 aliphatic rings. The largest absolute Gasteiger partial charge is 0.291 e. The Kier molecular flexibility index (Phi) is 4.37. The van der Waals surface area contributed by atoms with Crippen molar-refractivity contribution in [3.05, 3.63) is 152 Å². The third-order valence-electron chi connectivity index (χ3n) is 7.58. The zero-order valence-electron chi connectivity index (χ0n) is 26.9. The van der Waals surface area contributed by atoms with Gasteiger partial charge in [0.05, 0.1) is 23.6 Å². The number of imidazole rings is 1. The second kappa shape index (κ2) is 9.58. The highest BCUT2D eigenvalue weighted by molar-refractivity contribution is 6.20. The van der Waals surface area contributed by atoms with E-state index in [2.05, 4.69) is 47.4 Å². The van der Waals surface area contributed by atoms with Crippen LogP contribution in [0.5, 0.6) is 0 Å². The van der Waals surface area contributed by atoms with Crippen LogP contribution >= 0.6 is 0 Å². The molecular formula is C38H25N3. The molecule has 0 aliphatic carbocycles. The van der Waals surface area contributed by atoms with Crippen LogP contribution in [0.15, 0.2) is 152 Å². The zero-order valence-corrected chi connectivity index (χ0v) is 21.9. The highest BCUT2D eigenvalue weighted by Crippen LogP contribution is 2.45. The maximum atomic E-state index is 8.85. The minimum Gasteiger partial charge on any atom is -0.291 e. The quantitative estimate of drug-likeness (QED) is 0.213. The first-order valence-corrected chi connectivity index (χ1v) is 13.4. The number of hydrogen-bond donors (Lipinski definition) is 0. The van der Waals surface area contributed by atoms with Gasteiger partial charge in [0.15, 0.2) is 0 Å². The van der Waals surface area contributed by atoms with Crippen LogP contribution in [0, 0.1) is 0 Å². The summed E-state index contributed by atoms with van der Waals surface area (Å²) in [6.45, 7) is 0. The molecule has 0 saturated carbocycles. The molecule has 0 unspecified atom stereocenters. The van der Waals surface area contributed by atoms with Gasteiger partial charge in [-0.25, -0.2) is 4.98 Å². The number of fused-ring (bicyclic) bond motifs is 3. The third kappa shape index (κ3) is 3.75. The van der Waals surface area contributed by atoms with E-state index in [1.807, 2.05) is 77.5 Å². The maximum absolute atomic E-state index is 8.85. The first-order chi connectivity index (χ1) is 22.5. The van der Waals surface area contributed by atoms with E-state index in [1.165, 1.54) is 0 Å². The Labute approximate surface area is 245 Å². The standard InChI is InChI=1S/C38H25N3/c1-2-13-26(14-3-1)38-40-34-22-10-11-23-35(34)41(38)37-32-20-8-6-18-30(32)36(31-19-7-9-21-33(31)37)29-17-5-4-16-28(29)27-15-12-24-39-25-27/h1-25H/i1D,2D,3D,13D,14D. The van der Waals surface area contributed by atoms with Crippen LogP contribution in [0.1, 0.15) is 6.85 Å². The fraction of sp³-hybridized carbons (Fsp3) is 0. The smallest absolute Gasteiger partial charge is 0.145 e. The molecule has 0 N–H and O–H groups in total. The SMILES string of the molecule is [2H]c1c([2H])c([2H])c(-c2nc3ccccc3n2-c2c3ccccc3c(-c3ccccc3-c3cccnc3)c3ccccc23)c([2H])c1[2H]. The summed E-state index contributed by atoms with van der Waals surface area (Å²) in [6, 6.07) is 34.6. The topological polar surface area (TPSA) is 30.7 Å².